The molecule has 0 spiro atoms. The molecule has 1 atom stereocenters. The van der Waals surface area contributed by atoms with Crippen LogP contribution in [0.3, 0.4) is 0 Å². The fourth-order valence-corrected chi connectivity index (χ4v) is 4.84. The number of aromatic amines is 1. The summed E-state index contributed by atoms with van der Waals surface area (Å²) in [5.74, 6) is 1.58. The Bertz CT molecular complexity index is 1870. The number of fused-ring (bicyclic) bond motifs is 1. The summed E-state index contributed by atoms with van der Waals surface area (Å²) in [5.41, 5.74) is 3.45. The fraction of sp³-hybridized carbons (Fsp3) is 0.118. The zero-order valence-electron chi connectivity index (χ0n) is 23.5. The SMILES string of the molecule is C[C@@H](Nc1cnc(-c2ccccc2)n(CC(=O)NCc2cc3cnccc3[nH]2)c1=O)c1ccc(Oc2ccccc2)cc1. The molecule has 9 nitrogen and oxygen atoms in total. The molecular formula is C34H30N6O3. The summed E-state index contributed by atoms with van der Waals surface area (Å²) >= 11 is 0. The van der Waals surface area contributed by atoms with Crippen LogP contribution in [0.2, 0.25) is 0 Å². The minimum Gasteiger partial charge on any atom is -0.457 e. The molecule has 3 aromatic heterocycles. The number of rotatable bonds is 10. The Morgan fingerprint density at radius 1 is 0.930 bits per heavy atom. The Kier molecular flexibility index (Phi) is 7.95. The molecule has 0 bridgehead atoms. The number of H-pyrrole nitrogens is 1. The molecule has 0 aliphatic rings. The van der Waals surface area contributed by atoms with Gasteiger partial charge in [-0.15, -0.1) is 0 Å². The largest absolute Gasteiger partial charge is 0.457 e. The van der Waals surface area contributed by atoms with Crippen LogP contribution in [0.25, 0.3) is 22.3 Å². The van der Waals surface area contributed by atoms with E-state index in [2.05, 4.69) is 25.6 Å². The minimum atomic E-state index is -0.337. The Morgan fingerprint density at radius 3 is 2.40 bits per heavy atom. The zero-order chi connectivity index (χ0) is 29.6. The second-order valence-corrected chi connectivity index (χ2v) is 10.1. The molecule has 1 amide bonds. The van der Waals surface area contributed by atoms with E-state index in [9.17, 15) is 9.59 Å². The predicted molar refractivity (Wildman–Crippen MR) is 167 cm³/mol. The van der Waals surface area contributed by atoms with E-state index in [0.29, 0.717) is 17.3 Å². The summed E-state index contributed by atoms with van der Waals surface area (Å²) < 4.78 is 7.30. The van der Waals surface area contributed by atoms with Crippen molar-refractivity contribution in [2.45, 2.75) is 26.1 Å². The van der Waals surface area contributed by atoms with Gasteiger partial charge in [0, 0.05) is 40.6 Å². The molecule has 214 valence electrons. The van der Waals surface area contributed by atoms with Crippen molar-refractivity contribution >= 4 is 22.5 Å². The first kappa shape index (κ1) is 27.5. The van der Waals surface area contributed by atoms with Crippen LogP contribution in [0.5, 0.6) is 11.5 Å². The monoisotopic (exact) mass is 570 g/mol. The molecule has 6 rings (SSSR count). The van der Waals surface area contributed by atoms with Crippen molar-refractivity contribution in [1.82, 2.24) is 24.8 Å². The number of anilines is 1. The topological polar surface area (TPSA) is 114 Å². The number of carbonyl (C=O) groups is 1. The number of nitrogens with one attached hydrogen (secondary N) is 3. The van der Waals surface area contributed by atoms with E-state index in [0.717, 1.165) is 33.5 Å². The summed E-state index contributed by atoms with van der Waals surface area (Å²) in [6.07, 6.45) is 5.00. The Labute approximate surface area is 248 Å². The molecule has 3 aromatic carbocycles. The highest BCUT2D eigenvalue weighted by molar-refractivity contribution is 5.80. The molecule has 0 aliphatic carbocycles. The van der Waals surface area contributed by atoms with Gasteiger partial charge in [0.05, 0.1) is 12.7 Å². The number of hydrogen-bond acceptors (Lipinski definition) is 6. The molecular weight excluding hydrogens is 540 g/mol. The van der Waals surface area contributed by atoms with Crippen molar-refractivity contribution in [3.63, 3.8) is 0 Å². The number of pyridine rings is 1. The van der Waals surface area contributed by atoms with Gasteiger partial charge >= 0.3 is 0 Å². The average Bonchev–Trinajstić information content (AvgIpc) is 3.46. The van der Waals surface area contributed by atoms with Gasteiger partial charge in [-0.25, -0.2) is 4.98 Å². The summed E-state index contributed by atoms with van der Waals surface area (Å²) in [5, 5.41) is 7.16. The molecule has 3 heterocycles. The van der Waals surface area contributed by atoms with Crippen molar-refractivity contribution in [3.05, 3.63) is 137 Å². The number of para-hydroxylation sites is 1. The van der Waals surface area contributed by atoms with Crippen LogP contribution >= 0.6 is 0 Å². The van der Waals surface area contributed by atoms with Crippen LogP contribution in [-0.4, -0.2) is 25.4 Å². The van der Waals surface area contributed by atoms with Crippen molar-refractivity contribution in [2.24, 2.45) is 0 Å². The van der Waals surface area contributed by atoms with E-state index in [1.165, 1.54) is 10.8 Å². The van der Waals surface area contributed by atoms with E-state index < -0.39 is 0 Å². The number of ether oxygens (including phenoxy) is 1. The van der Waals surface area contributed by atoms with Crippen molar-refractivity contribution < 1.29 is 9.53 Å². The van der Waals surface area contributed by atoms with E-state index in [1.54, 1.807) is 12.4 Å². The van der Waals surface area contributed by atoms with Gasteiger partial charge in [-0.3, -0.25) is 19.1 Å². The van der Waals surface area contributed by atoms with Gasteiger partial charge in [0.1, 0.15) is 29.6 Å². The number of nitrogens with zero attached hydrogens (tertiary/aromatic N) is 3. The van der Waals surface area contributed by atoms with Gasteiger partial charge in [0.2, 0.25) is 5.91 Å². The first-order valence-electron chi connectivity index (χ1n) is 14.0. The summed E-state index contributed by atoms with van der Waals surface area (Å²) in [7, 11) is 0. The Balaban J connectivity index is 1.20. The predicted octanol–water partition coefficient (Wildman–Crippen LogP) is 6.07. The van der Waals surface area contributed by atoms with Gasteiger partial charge in [0.15, 0.2) is 0 Å². The first-order chi connectivity index (χ1) is 21.0. The third-order valence-corrected chi connectivity index (χ3v) is 7.06. The fourth-order valence-electron chi connectivity index (χ4n) is 4.84. The maximum Gasteiger partial charge on any atom is 0.277 e. The Hall–Kier alpha value is -5.70. The smallest absolute Gasteiger partial charge is 0.277 e. The highest BCUT2D eigenvalue weighted by Crippen LogP contribution is 2.25. The van der Waals surface area contributed by atoms with Crippen LogP contribution in [0.15, 0.2) is 120 Å². The normalized spacial score (nSPS) is 11.7. The third kappa shape index (κ3) is 6.46. The lowest BCUT2D eigenvalue weighted by Gasteiger charge is -2.18. The molecule has 0 unspecified atom stereocenters. The van der Waals surface area contributed by atoms with Crippen LogP contribution in [0.1, 0.15) is 24.2 Å². The van der Waals surface area contributed by atoms with Crippen molar-refractivity contribution in [1.29, 1.82) is 0 Å². The van der Waals surface area contributed by atoms with E-state index in [-0.39, 0.29) is 30.6 Å². The molecule has 0 fully saturated rings. The van der Waals surface area contributed by atoms with Crippen LogP contribution in [-0.2, 0) is 17.9 Å². The number of amides is 1. The second kappa shape index (κ2) is 12.4. The van der Waals surface area contributed by atoms with Crippen LogP contribution in [0, 0.1) is 0 Å². The quantitative estimate of drug-likeness (QED) is 0.184. The third-order valence-electron chi connectivity index (χ3n) is 7.06. The number of carbonyl (C=O) groups excluding carboxylic acids is 1. The highest BCUT2D eigenvalue weighted by atomic mass is 16.5. The maximum absolute atomic E-state index is 13.8. The zero-order valence-corrected chi connectivity index (χ0v) is 23.5. The molecule has 0 aliphatic heterocycles. The number of benzene rings is 3. The van der Waals surface area contributed by atoms with Gasteiger partial charge < -0.3 is 20.4 Å². The number of aromatic nitrogens is 4. The Morgan fingerprint density at radius 2 is 1.65 bits per heavy atom. The summed E-state index contributed by atoms with van der Waals surface area (Å²) in [6.45, 7) is 2.06. The van der Waals surface area contributed by atoms with Crippen molar-refractivity contribution in [3.8, 4) is 22.9 Å². The van der Waals surface area contributed by atoms with E-state index >= 15 is 0 Å². The van der Waals surface area contributed by atoms with Gasteiger partial charge in [0.25, 0.3) is 5.56 Å². The highest BCUT2D eigenvalue weighted by Gasteiger charge is 2.17. The number of hydrogen-bond donors (Lipinski definition) is 3. The first-order valence-corrected chi connectivity index (χ1v) is 14.0. The van der Waals surface area contributed by atoms with Gasteiger partial charge in [-0.2, -0.15) is 0 Å². The molecule has 0 radical (unpaired) electrons. The molecule has 6 aromatic rings. The maximum atomic E-state index is 13.8. The lowest BCUT2D eigenvalue weighted by molar-refractivity contribution is -0.121. The second-order valence-electron chi connectivity index (χ2n) is 10.1. The average molecular weight is 571 g/mol. The molecule has 3 N–H and O–H groups in total. The molecule has 0 saturated carbocycles. The van der Waals surface area contributed by atoms with E-state index in [1.807, 2.05) is 104 Å². The molecule has 43 heavy (non-hydrogen) atoms. The van der Waals surface area contributed by atoms with Crippen LogP contribution < -0.4 is 20.9 Å². The van der Waals surface area contributed by atoms with E-state index in [4.69, 9.17) is 4.74 Å². The van der Waals surface area contributed by atoms with Gasteiger partial charge in [-0.05, 0) is 48.9 Å². The van der Waals surface area contributed by atoms with Crippen molar-refractivity contribution in [2.75, 3.05) is 5.32 Å². The molecule has 0 saturated heterocycles. The summed E-state index contributed by atoms with van der Waals surface area (Å²) in [4.78, 5) is 38.9. The minimum absolute atomic E-state index is 0.187. The van der Waals surface area contributed by atoms with Crippen LogP contribution in [0.4, 0.5) is 5.69 Å². The standard InChI is InChI=1S/C34H30N6O3/c1-23(24-12-14-29(15-13-24)43-28-10-6-3-7-11-28)38-31-21-37-33(25-8-4-2-5-9-25)40(34(31)42)22-32(41)36-20-27-18-26-19-35-17-16-30(26)39-27/h2-19,21,23,38-39H,20,22H2,1H3,(H,36,41)/t23-/m1/s1. The van der Waals surface area contributed by atoms with Gasteiger partial charge in [-0.1, -0.05) is 60.7 Å². The summed E-state index contributed by atoms with van der Waals surface area (Å²) in [6, 6.07) is 30.2. The lowest BCUT2D eigenvalue weighted by Crippen LogP contribution is -2.34. The lowest BCUT2D eigenvalue weighted by atomic mass is 10.1. The molecule has 9 heteroatoms.